The van der Waals surface area contributed by atoms with Gasteiger partial charge in [0.25, 0.3) is 0 Å². The molecule has 86 valence electrons. The predicted molar refractivity (Wildman–Crippen MR) is 71.6 cm³/mol. The largest absolute Gasteiger partial charge is 0.347 e. The van der Waals surface area contributed by atoms with E-state index in [4.69, 9.17) is 0 Å². The Bertz CT molecular complexity index is 491. The lowest BCUT2D eigenvalue weighted by molar-refractivity contribution is 0.351. The second-order valence-electron chi connectivity index (χ2n) is 3.72. The highest BCUT2D eigenvalue weighted by Crippen LogP contribution is 2.15. The number of hydrogen-bond donors (Lipinski definition) is 1. The van der Waals surface area contributed by atoms with Gasteiger partial charge in [0.1, 0.15) is 0 Å². The van der Waals surface area contributed by atoms with Crippen LogP contribution in [0.25, 0.3) is 0 Å². The Morgan fingerprint density at radius 1 is 1.29 bits per heavy atom. The van der Waals surface area contributed by atoms with E-state index < -0.39 is 0 Å². The lowest BCUT2D eigenvalue weighted by atomic mass is 10.3. The van der Waals surface area contributed by atoms with E-state index in [-0.39, 0.29) is 6.29 Å². The van der Waals surface area contributed by atoms with Crippen LogP contribution in [0.3, 0.4) is 0 Å². The van der Waals surface area contributed by atoms with Crippen LogP contribution in [0.15, 0.2) is 47.1 Å². The van der Waals surface area contributed by atoms with Crippen molar-refractivity contribution in [2.45, 2.75) is 13.2 Å². The Labute approximate surface area is 102 Å². The molecule has 0 spiro atoms. The van der Waals surface area contributed by atoms with Gasteiger partial charge in [0.15, 0.2) is 6.29 Å². The normalized spacial score (nSPS) is 18.1. The van der Waals surface area contributed by atoms with E-state index in [1.165, 1.54) is 0 Å². The number of allylic oxidation sites excluding steroid dienone is 2. The maximum atomic E-state index is 4.38. The van der Waals surface area contributed by atoms with Gasteiger partial charge in [-0.05, 0) is 31.1 Å². The molecule has 1 unspecified atom stereocenters. The third-order valence-electron chi connectivity index (χ3n) is 2.53. The zero-order valence-corrected chi connectivity index (χ0v) is 10.0. The van der Waals surface area contributed by atoms with Crippen molar-refractivity contribution in [3.05, 3.63) is 42.1 Å². The molecule has 0 aliphatic carbocycles. The lowest BCUT2D eigenvalue weighted by Crippen LogP contribution is -2.37. The Balaban J connectivity index is 2.11. The number of nitrogens with one attached hydrogen (secondary N) is 1. The first-order valence-electron chi connectivity index (χ1n) is 5.52. The van der Waals surface area contributed by atoms with Gasteiger partial charge in [0.05, 0.1) is 5.70 Å². The van der Waals surface area contributed by atoms with E-state index in [2.05, 4.69) is 22.2 Å². The zero-order chi connectivity index (χ0) is 12.1. The topological polar surface area (TPSA) is 27.6 Å². The lowest BCUT2D eigenvalue weighted by Gasteiger charge is -2.30. The molecule has 0 saturated heterocycles. The maximum Gasteiger partial charge on any atom is 0.196 e. The standard InChI is InChI=1S/C14H15N3/c1-3-7-13-10-11-15-14(17(13)2)16-12-8-5-4-6-9-12/h4-6,8-11,14,16H,1-2H3. The maximum absolute atomic E-state index is 4.38. The summed E-state index contributed by atoms with van der Waals surface area (Å²) in [5.74, 6) is 5.96. The van der Waals surface area contributed by atoms with Crippen molar-refractivity contribution in [2.75, 3.05) is 12.4 Å². The van der Waals surface area contributed by atoms with Gasteiger partial charge in [-0.2, -0.15) is 0 Å². The molecule has 1 aliphatic rings. The molecule has 0 fully saturated rings. The van der Waals surface area contributed by atoms with Crippen LogP contribution in [0.1, 0.15) is 6.92 Å². The fourth-order valence-corrected chi connectivity index (χ4v) is 1.62. The highest BCUT2D eigenvalue weighted by Gasteiger charge is 2.16. The van der Waals surface area contributed by atoms with E-state index in [1.54, 1.807) is 6.21 Å². The van der Waals surface area contributed by atoms with Crippen LogP contribution < -0.4 is 5.32 Å². The van der Waals surface area contributed by atoms with E-state index in [0.29, 0.717) is 0 Å². The van der Waals surface area contributed by atoms with E-state index >= 15 is 0 Å². The summed E-state index contributed by atoms with van der Waals surface area (Å²) in [6, 6.07) is 10.0. The second-order valence-corrected chi connectivity index (χ2v) is 3.72. The van der Waals surface area contributed by atoms with E-state index in [0.717, 1.165) is 11.4 Å². The molecular weight excluding hydrogens is 210 g/mol. The Morgan fingerprint density at radius 3 is 2.76 bits per heavy atom. The number of aliphatic imine (C=N–C) groups is 1. The molecule has 1 heterocycles. The van der Waals surface area contributed by atoms with Crippen LogP contribution in [0.4, 0.5) is 5.69 Å². The average Bonchev–Trinajstić information content (AvgIpc) is 2.36. The minimum Gasteiger partial charge on any atom is -0.347 e. The van der Waals surface area contributed by atoms with E-state index in [1.807, 2.05) is 55.3 Å². The van der Waals surface area contributed by atoms with Crippen LogP contribution >= 0.6 is 0 Å². The first-order valence-corrected chi connectivity index (χ1v) is 5.52. The molecule has 1 aliphatic heterocycles. The number of anilines is 1. The molecule has 3 nitrogen and oxygen atoms in total. The van der Waals surface area contributed by atoms with Crippen molar-refractivity contribution < 1.29 is 0 Å². The van der Waals surface area contributed by atoms with Crippen LogP contribution in [0.5, 0.6) is 0 Å². The summed E-state index contributed by atoms with van der Waals surface area (Å²) in [7, 11) is 1.98. The quantitative estimate of drug-likeness (QED) is 0.782. The number of hydrogen-bond acceptors (Lipinski definition) is 3. The molecule has 1 N–H and O–H groups in total. The van der Waals surface area contributed by atoms with Gasteiger partial charge in [0.2, 0.25) is 0 Å². The Hall–Kier alpha value is -2.21. The molecule has 2 rings (SSSR count). The Morgan fingerprint density at radius 2 is 2.06 bits per heavy atom. The van der Waals surface area contributed by atoms with Gasteiger partial charge in [-0.15, -0.1) is 0 Å². The summed E-state index contributed by atoms with van der Waals surface area (Å²) in [4.78, 5) is 6.40. The molecular formula is C14H15N3. The summed E-state index contributed by atoms with van der Waals surface area (Å²) >= 11 is 0. The molecule has 1 atom stereocenters. The first-order chi connectivity index (χ1) is 8.31. The smallest absolute Gasteiger partial charge is 0.196 e. The third kappa shape index (κ3) is 2.67. The van der Waals surface area contributed by atoms with Crippen molar-refractivity contribution in [3.8, 4) is 11.8 Å². The monoisotopic (exact) mass is 225 g/mol. The minimum atomic E-state index is -0.0988. The van der Waals surface area contributed by atoms with Crippen molar-refractivity contribution in [3.63, 3.8) is 0 Å². The molecule has 0 amide bonds. The van der Waals surface area contributed by atoms with Crippen molar-refractivity contribution in [1.29, 1.82) is 0 Å². The zero-order valence-electron chi connectivity index (χ0n) is 10.0. The van der Waals surface area contributed by atoms with Crippen LogP contribution in [0.2, 0.25) is 0 Å². The fourth-order valence-electron chi connectivity index (χ4n) is 1.62. The average molecular weight is 225 g/mol. The Kier molecular flexibility index (Phi) is 3.46. The molecule has 0 radical (unpaired) electrons. The molecule has 1 aromatic rings. The molecule has 3 heteroatoms. The predicted octanol–water partition coefficient (Wildman–Crippen LogP) is 2.31. The van der Waals surface area contributed by atoms with Gasteiger partial charge in [0, 0.05) is 18.9 Å². The van der Waals surface area contributed by atoms with Gasteiger partial charge >= 0.3 is 0 Å². The first kappa shape index (κ1) is 11.3. The molecule has 17 heavy (non-hydrogen) atoms. The van der Waals surface area contributed by atoms with Crippen molar-refractivity contribution in [2.24, 2.45) is 4.99 Å². The van der Waals surface area contributed by atoms with E-state index in [9.17, 15) is 0 Å². The summed E-state index contributed by atoms with van der Waals surface area (Å²) < 4.78 is 0. The molecule has 0 aromatic heterocycles. The summed E-state index contributed by atoms with van der Waals surface area (Å²) in [5.41, 5.74) is 2.02. The number of rotatable bonds is 2. The summed E-state index contributed by atoms with van der Waals surface area (Å²) in [6.07, 6.45) is 3.61. The highest BCUT2D eigenvalue weighted by atomic mass is 15.4. The van der Waals surface area contributed by atoms with Crippen molar-refractivity contribution >= 4 is 11.9 Å². The summed E-state index contributed by atoms with van der Waals surface area (Å²) in [6.45, 7) is 1.83. The minimum absolute atomic E-state index is 0.0988. The van der Waals surface area contributed by atoms with Gasteiger partial charge in [-0.25, -0.2) is 4.99 Å². The molecule has 1 aromatic carbocycles. The molecule has 0 bridgehead atoms. The van der Waals surface area contributed by atoms with Gasteiger partial charge < -0.3 is 10.2 Å². The molecule has 0 saturated carbocycles. The number of benzene rings is 1. The van der Waals surface area contributed by atoms with Crippen LogP contribution in [-0.4, -0.2) is 24.5 Å². The fraction of sp³-hybridized carbons (Fsp3) is 0.214. The van der Waals surface area contributed by atoms with Crippen LogP contribution in [-0.2, 0) is 0 Å². The SMILES string of the molecule is CC#CC1=CC=NC(Nc2ccccc2)N1C. The number of nitrogens with zero attached hydrogens (tertiary/aromatic N) is 2. The van der Waals surface area contributed by atoms with Crippen LogP contribution in [0, 0.1) is 11.8 Å². The third-order valence-corrected chi connectivity index (χ3v) is 2.53. The summed E-state index contributed by atoms with van der Waals surface area (Å²) in [5, 5.41) is 3.34. The second kappa shape index (κ2) is 5.22. The van der Waals surface area contributed by atoms with Gasteiger partial charge in [-0.3, -0.25) is 0 Å². The van der Waals surface area contributed by atoms with Gasteiger partial charge in [-0.1, -0.05) is 24.1 Å². The number of para-hydroxylation sites is 1. The van der Waals surface area contributed by atoms with Crippen molar-refractivity contribution in [1.82, 2.24) is 4.90 Å². The highest BCUT2D eigenvalue weighted by molar-refractivity contribution is 5.75.